The van der Waals surface area contributed by atoms with Crippen LogP contribution in [-0.2, 0) is 11.3 Å². The zero-order chi connectivity index (χ0) is 19.2. The largest absolute Gasteiger partial charge is 0.299 e. The van der Waals surface area contributed by atoms with Crippen molar-refractivity contribution in [1.82, 2.24) is 4.90 Å². The van der Waals surface area contributed by atoms with Gasteiger partial charge in [0.05, 0.1) is 5.92 Å². The predicted octanol–water partition coefficient (Wildman–Crippen LogP) is 5.03. The van der Waals surface area contributed by atoms with Crippen LogP contribution >= 0.6 is 11.6 Å². The summed E-state index contributed by atoms with van der Waals surface area (Å²) >= 11 is 5.90. The first kappa shape index (κ1) is 19.8. The molecule has 27 heavy (non-hydrogen) atoms. The van der Waals surface area contributed by atoms with Crippen LogP contribution in [0.2, 0.25) is 5.02 Å². The van der Waals surface area contributed by atoms with Crippen LogP contribution in [0.5, 0.6) is 0 Å². The number of ketones is 2. The van der Waals surface area contributed by atoms with E-state index in [1.807, 2.05) is 13.0 Å². The molecular formula is C23H26ClNO2. The van der Waals surface area contributed by atoms with Crippen molar-refractivity contribution in [3.8, 4) is 0 Å². The minimum Gasteiger partial charge on any atom is -0.299 e. The summed E-state index contributed by atoms with van der Waals surface area (Å²) in [6, 6.07) is 17.2. The lowest BCUT2D eigenvalue weighted by atomic mass is 9.81. The number of hydrogen-bond acceptors (Lipinski definition) is 3. The van der Waals surface area contributed by atoms with Crippen molar-refractivity contribution in [3.05, 3.63) is 70.7 Å². The number of piperidine rings is 1. The molecule has 3 nitrogen and oxygen atoms in total. The van der Waals surface area contributed by atoms with Gasteiger partial charge in [0.25, 0.3) is 0 Å². The van der Waals surface area contributed by atoms with Crippen LogP contribution in [0.3, 0.4) is 0 Å². The molecule has 3 rings (SSSR count). The molecule has 1 fully saturated rings. The normalized spacial score (nSPS) is 16.8. The molecule has 0 radical (unpaired) electrons. The van der Waals surface area contributed by atoms with Crippen molar-refractivity contribution in [2.24, 2.45) is 11.8 Å². The standard InChI is InChI=1S/C23H26ClNO2/c1-2-21(22(26)18-8-10-20(24)11-9-18)23(27)19-12-14-25(15-13-19)16-17-6-4-3-5-7-17/h3-11,19,21H,2,12-16H2,1H3. The fourth-order valence-corrected chi connectivity index (χ4v) is 3.96. The number of nitrogens with zero attached hydrogens (tertiary/aromatic N) is 1. The maximum Gasteiger partial charge on any atom is 0.173 e. The summed E-state index contributed by atoms with van der Waals surface area (Å²) in [6.45, 7) is 4.64. The van der Waals surface area contributed by atoms with Crippen molar-refractivity contribution < 1.29 is 9.59 Å². The summed E-state index contributed by atoms with van der Waals surface area (Å²) in [6.07, 6.45) is 2.21. The van der Waals surface area contributed by atoms with Gasteiger partial charge in [0.1, 0.15) is 5.78 Å². The van der Waals surface area contributed by atoms with Gasteiger partial charge < -0.3 is 0 Å². The van der Waals surface area contributed by atoms with Crippen molar-refractivity contribution in [3.63, 3.8) is 0 Å². The monoisotopic (exact) mass is 383 g/mol. The molecule has 1 aliphatic rings. The number of rotatable bonds is 7. The third-order valence-electron chi connectivity index (χ3n) is 5.44. The molecule has 0 aromatic heterocycles. The molecule has 0 spiro atoms. The van der Waals surface area contributed by atoms with E-state index in [2.05, 4.69) is 29.2 Å². The fraction of sp³-hybridized carbons (Fsp3) is 0.391. The Morgan fingerprint density at radius 3 is 2.26 bits per heavy atom. The summed E-state index contributed by atoms with van der Waals surface area (Å²) < 4.78 is 0. The molecule has 1 atom stereocenters. The van der Waals surface area contributed by atoms with Gasteiger partial charge in [-0.3, -0.25) is 14.5 Å². The number of carbonyl (C=O) groups excluding carboxylic acids is 2. The van der Waals surface area contributed by atoms with Crippen molar-refractivity contribution in [2.75, 3.05) is 13.1 Å². The molecule has 0 aliphatic carbocycles. The summed E-state index contributed by atoms with van der Waals surface area (Å²) in [5, 5.41) is 0.594. The topological polar surface area (TPSA) is 37.4 Å². The maximum absolute atomic E-state index is 13.0. The van der Waals surface area contributed by atoms with Gasteiger partial charge in [-0.15, -0.1) is 0 Å². The van der Waals surface area contributed by atoms with E-state index in [1.165, 1.54) is 5.56 Å². The maximum atomic E-state index is 13.0. The molecule has 1 aliphatic heterocycles. The highest BCUT2D eigenvalue weighted by molar-refractivity contribution is 6.30. The van der Waals surface area contributed by atoms with Gasteiger partial charge in [-0.05, 0) is 62.2 Å². The Morgan fingerprint density at radius 2 is 1.67 bits per heavy atom. The summed E-state index contributed by atoms with van der Waals surface area (Å²) in [7, 11) is 0. The number of hydrogen-bond donors (Lipinski definition) is 0. The van der Waals surface area contributed by atoms with Gasteiger partial charge in [0, 0.05) is 23.0 Å². The third-order valence-corrected chi connectivity index (χ3v) is 5.69. The fourth-order valence-electron chi connectivity index (χ4n) is 3.83. The Labute approximate surface area is 166 Å². The van der Waals surface area contributed by atoms with Crippen molar-refractivity contribution >= 4 is 23.2 Å². The molecular weight excluding hydrogens is 358 g/mol. The van der Waals surface area contributed by atoms with Gasteiger partial charge in [0.15, 0.2) is 5.78 Å². The highest BCUT2D eigenvalue weighted by Crippen LogP contribution is 2.26. The van der Waals surface area contributed by atoms with E-state index in [-0.39, 0.29) is 17.5 Å². The van der Waals surface area contributed by atoms with Gasteiger partial charge in [-0.25, -0.2) is 0 Å². The molecule has 1 unspecified atom stereocenters. The molecule has 1 heterocycles. The zero-order valence-corrected chi connectivity index (χ0v) is 16.5. The number of carbonyl (C=O) groups is 2. The Balaban J connectivity index is 1.58. The number of likely N-dealkylation sites (tertiary alicyclic amines) is 1. The second-order valence-corrected chi connectivity index (χ2v) is 7.71. The Bertz CT molecular complexity index is 765. The average Bonchev–Trinajstić information content (AvgIpc) is 2.70. The SMILES string of the molecule is CCC(C(=O)c1ccc(Cl)cc1)C(=O)C1CCN(Cc2ccccc2)CC1. The first-order valence-electron chi connectivity index (χ1n) is 9.68. The van der Waals surface area contributed by atoms with E-state index < -0.39 is 5.92 Å². The Morgan fingerprint density at radius 1 is 1.04 bits per heavy atom. The van der Waals surface area contributed by atoms with Gasteiger partial charge in [-0.2, -0.15) is 0 Å². The van der Waals surface area contributed by atoms with Crippen LogP contribution in [-0.4, -0.2) is 29.6 Å². The average molecular weight is 384 g/mol. The summed E-state index contributed by atoms with van der Waals surface area (Å²) in [5.74, 6) is -0.530. The Hall–Kier alpha value is -1.97. The molecule has 4 heteroatoms. The van der Waals surface area contributed by atoms with Gasteiger partial charge in [0.2, 0.25) is 0 Å². The molecule has 0 N–H and O–H groups in total. The lowest BCUT2D eigenvalue weighted by Crippen LogP contribution is -2.39. The van der Waals surface area contributed by atoms with Gasteiger partial charge in [-0.1, -0.05) is 48.9 Å². The van der Waals surface area contributed by atoms with Crippen LogP contribution < -0.4 is 0 Å². The molecule has 1 saturated heterocycles. The molecule has 0 bridgehead atoms. The van der Waals surface area contributed by atoms with E-state index in [0.29, 0.717) is 17.0 Å². The van der Waals surface area contributed by atoms with Crippen LogP contribution in [0.1, 0.15) is 42.1 Å². The minimum absolute atomic E-state index is 0.0155. The van der Waals surface area contributed by atoms with E-state index in [0.717, 1.165) is 32.5 Å². The van der Waals surface area contributed by atoms with E-state index in [9.17, 15) is 9.59 Å². The molecule has 142 valence electrons. The second kappa shape index (κ2) is 9.29. The lowest BCUT2D eigenvalue weighted by Gasteiger charge is -2.32. The molecule has 2 aromatic rings. The first-order valence-corrected chi connectivity index (χ1v) is 10.1. The smallest absolute Gasteiger partial charge is 0.173 e. The van der Waals surface area contributed by atoms with E-state index in [1.54, 1.807) is 24.3 Å². The summed E-state index contributed by atoms with van der Waals surface area (Å²) in [5.41, 5.74) is 1.87. The summed E-state index contributed by atoms with van der Waals surface area (Å²) in [4.78, 5) is 28.2. The molecule has 0 amide bonds. The van der Waals surface area contributed by atoms with Crippen molar-refractivity contribution in [1.29, 1.82) is 0 Å². The quantitative estimate of drug-likeness (QED) is 0.497. The predicted molar refractivity (Wildman–Crippen MR) is 109 cm³/mol. The van der Waals surface area contributed by atoms with Crippen LogP contribution in [0, 0.1) is 11.8 Å². The van der Waals surface area contributed by atoms with Crippen molar-refractivity contribution in [2.45, 2.75) is 32.7 Å². The number of Topliss-reactive ketones (excluding diaryl/α,β-unsaturated/α-hetero) is 2. The number of halogens is 1. The van der Waals surface area contributed by atoms with E-state index >= 15 is 0 Å². The van der Waals surface area contributed by atoms with Crippen LogP contribution in [0.15, 0.2) is 54.6 Å². The number of benzene rings is 2. The zero-order valence-electron chi connectivity index (χ0n) is 15.7. The van der Waals surface area contributed by atoms with Crippen LogP contribution in [0.25, 0.3) is 0 Å². The minimum atomic E-state index is -0.545. The third kappa shape index (κ3) is 5.06. The Kier molecular flexibility index (Phi) is 6.81. The molecule has 0 saturated carbocycles. The van der Waals surface area contributed by atoms with Gasteiger partial charge >= 0.3 is 0 Å². The lowest BCUT2D eigenvalue weighted by molar-refractivity contribution is -0.126. The first-order chi connectivity index (χ1) is 13.1. The van der Waals surface area contributed by atoms with Crippen LogP contribution in [0.4, 0.5) is 0 Å². The highest BCUT2D eigenvalue weighted by atomic mass is 35.5. The highest BCUT2D eigenvalue weighted by Gasteiger charge is 2.33. The second-order valence-electron chi connectivity index (χ2n) is 7.27. The molecule has 2 aromatic carbocycles. The van der Waals surface area contributed by atoms with E-state index in [4.69, 9.17) is 11.6 Å².